The highest BCUT2D eigenvalue weighted by atomic mass is 32.1. The minimum atomic E-state index is 0.426. The summed E-state index contributed by atoms with van der Waals surface area (Å²) >= 11 is 1.60. The number of pyridine rings is 1. The van der Waals surface area contributed by atoms with Gasteiger partial charge < -0.3 is 15.8 Å². The van der Waals surface area contributed by atoms with Crippen LogP contribution in [0, 0.1) is 0 Å². The SMILES string of the molecule is NCc1ncsc1-c1ccc2c(Nc3ccc(Oc4ccccc4)cc3)ccnc2c1. The number of para-hydroxylation sites is 1. The quantitative estimate of drug-likeness (QED) is 0.332. The van der Waals surface area contributed by atoms with Gasteiger partial charge in [0.2, 0.25) is 0 Å². The Morgan fingerprint density at radius 3 is 2.48 bits per heavy atom. The number of ether oxygens (including phenoxy) is 1. The van der Waals surface area contributed by atoms with Gasteiger partial charge in [0.25, 0.3) is 0 Å². The second kappa shape index (κ2) is 8.55. The van der Waals surface area contributed by atoms with Crippen molar-refractivity contribution in [2.75, 3.05) is 5.32 Å². The van der Waals surface area contributed by atoms with Crippen LogP contribution in [0.2, 0.25) is 0 Å². The summed E-state index contributed by atoms with van der Waals surface area (Å²) in [4.78, 5) is 10.0. The van der Waals surface area contributed by atoms with Crippen molar-refractivity contribution in [3.63, 3.8) is 0 Å². The van der Waals surface area contributed by atoms with E-state index in [-0.39, 0.29) is 0 Å². The Labute approximate surface area is 184 Å². The van der Waals surface area contributed by atoms with Gasteiger partial charge in [0, 0.05) is 29.5 Å². The average Bonchev–Trinajstić information content (AvgIpc) is 3.30. The molecule has 0 aliphatic carbocycles. The van der Waals surface area contributed by atoms with E-state index in [1.807, 2.05) is 72.4 Å². The Morgan fingerprint density at radius 1 is 0.871 bits per heavy atom. The van der Waals surface area contributed by atoms with E-state index < -0.39 is 0 Å². The van der Waals surface area contributed by atoms with Crippen molar-refractivity contribution in [2.45, 2.75) is 6.54 Å². The molecule has 2 aromatic heterocycles. The van der Waals surface area contributed by atoms with Crippen LogP contribution in [-0.2, 0) is 6.54 Å². The van der Waals surface area contributed by atoms with Crippen molar-refractivity contribution in [2.24, 2.45) is 5.73 Å². The summed E-state index contributed by atoms with van der Waals surface area (Å²) in [7, 11) is 0. The number of aromatic nitrogens is 2. The van der Waals surface area contributed by atoms with Crippen LogP contribution in [0.15, 0.2) is 90.6 Å². The van der Waals surface area contributed by atoms with Gasteiger partial charge in [-0.1, -0.05) is 30.3 Å². The van der Waals surface area contributed by atoms with Crippen LogP contribution in [0.4, 0.5) is 11.4 Å². The summed E-state index contributed by atoms with van der Waals surface area (Å²) in [5, 5.41) is 4.54. The number of hydrogen-bond acceptors (Lipinski definition) is 6. The van der Waals surface area contributed by atoms with Crippen LogP contribution in [0.5, 0.6) is 11.5 Å². The first-order chi connectivity index (χ1) is 15.3. The van der Waals surface area contributed by atoms with E-state index >= 15 is 0 Å². The fraction of sp³-hybridized carbons (Fsp3) is 0.0400. The van der Waals surface area contributed by atoms with Crippen molar-refractivity contribution >= 4 is 33.6 Å². The molecular formula is C25H20N4OS. The molecule has 0 unspecified atom stereocenters. The van der Waals surface area contributed by atoms with Crippen molar-refractivity contribution in [3.05, 3.63) is 96.3 Å². The van der Waals surface area contributed by atoms with Crippen LogP contribution in [0.3, 0.4) is 0 Å². The number of nitrogens with zero attached hydrogens (tertiary/aromatic N) is 2. The average molecular weight is 425 g/mol. The monoisotopic (exact) mass is 424 g/mol. The predicted molar refractivity (Wildman–Crippen MR) is 127 cm³/mol. The minimum Gasteiger partial charge on any atom is -0.457 e. The van der Waals surface area contributed by atoms with Crippen molar-refractivity contribution in [1.82, 2.24) is 9.97 Å². The Hall–Kier alpha value is -3.74. The van der Waals surface area contributed by atoms with Crippen LogP contribution in [-0.4, -0.2) is 9.97 Å². The Bertz CT molecular complexity index is 1320. The molecule has 0 atom stereocenters. The molecule has 2 heterocycles. The molecule has 0 aliphatic heterocycles. The molecule has 5 rings (SSSR count). The lowest BCUT2D eigenvalue weighted by Crippen LogP contribution is -1.98. The number of rotatable bonds is 6. The highest BCUT2D eigenvalue weighted by Gasteiger charge is 2.10. The number of nitrogens with two attached hydrogens (primary N) is 1. The fourth-order valence-electron chi connectivity index (χ4n) is 3.43. The first-order valence-corrected chi connectivity index (χ1v) is 10.8. The molecule has 5 aromatic rings. The van der Waals surface area contributed by atoms with Crippen LogP contribution >= 0.6 is 11.3 Å². The predicted octanol–water partition coefficient (Wildman–Crippen LogP) is 6.35. The maximum absolute atomic E-state index is 5.87. The van der Waals surface area contributed by atoms with Crippen molar-refractivity contribution in [3.8, 4) is 21.9 Å². The number of anilines is 2. The second-order valence-electron chi connectivity index (χ2n) is 6.99. The molecule has 5 nitrogen and oxygen atoms in total. The summed E-state index contributed by atoms with van der Waals surface area (Å²) in [6.07, 6.45) is 1.82. The van der Waals surface area contributed by atoms with E-state index in [1.165, 1.54) is 0 Å². The van der Waals surface area contributed by atoms with Crippen LogP contribution < -0.4 is 15.8 Å². The Kier molecular flexibility index (Phi) is 5.31. The smallest absolute Gasteiger partial charge is 0.127 e. The van der Waals surface area contributed by atoms with Gasteiger partial charge in [-0.15, -0.1) is 11.3 Å². The van der Waals surface area contributed by atoms with Gasteiger partial charge in [-0.2, -0.15) is 0 Å². The molecular weight excluding hydrogens is 404 g/mol. The summed E-state index contributed by atoms with van der Waals surface area (Å²) in [6.45, 7) is 0.426. The second-order valence-corrected chi connectivity index (χ2v) is 7.84. The summed E-state index contributed by atoms with van der Waals surface area (Å²) in [5.41, 5.74) is 12.5. The third-order valence-electron chi connectivity index (χ3n) is 4.95. The number of fused-ring (bicyclic) bond motifs is 1. The molecule has 3 N–H and O–H groups in total. The maximum Gasteiger partial charge on any atom is 0.127 e. The van der Waals surface area contributed by atoms with Gasteiger partial charge in [0.05, 0.1) is 21.6 Å². The lowest BCUT2D eigenvalue weighted by Gasteiger charge is -2.11. The van der Waals surface area contributed by atoms with E-state index in [2.05, 4.69) is 33.5 Å². The molecule has 0 amide bonds. The number of hydrogen-bond donors (Lipinski definition) is 2. The molecule has 31 heavy (non-hydrogen) atoms. The molecule has 6 heteroatoms. The van der Waals surface area contributed by atoms with E-state index in [0.29, 0.717) is 6.54 Å². The molecule has 0 aliphatic rings. The molecule has 3 aromatic carbocycles. The van der Waals surface area contributed by atoms with E-state index in [1.54, 1.807) is 11.3 Å². The third kappa shape index (κ3) is 4.12. The zero-order valence-corrected chi connectivity index (χ0v) is 17.5. The highest BCUT2D eigenvalue weighted by molar-refractivity contribution is 7.13. The Balaban J connectivity index is 1.39. The van der Waals surface area contributed by atoms with Gasteiger partial charge in [0.1, 0.15) is 11.5 Å². The van der Waals surface area contributed by atoms with Crippen molar-refractivity contribution in [1.29, 1.82) is 0 Å². The maximum atomic E-state index is 5.87. The minimum absolute atomic E-state index is 0.426. The zero-order valence-electron chi connectivity index (χ0n) is 16.7. The lowest BCUT2D eigenvalue weighted by molar-refractivity contribution is 0.483. The first kappa shape index (κ1) is 19.2. The molecule has 0 saturated heterocycles. The van der Waals surface area contributed by atoms with Crippen molar-refractivity contribution < 1.29 is 4.74 Å². The summed E-state index contributed by atoms with van der Waals surface area (Å²) in [5.74, 6) is 1.61. The van der Waals surface area contributed by atoms with Gasteiger partial charge >= 0.3 is 0 Å². The lowest BCUT2D eigenvalue weighted by atomic mass is 10.1. The van der Waals surface area contributed by atoms with Gasteiger partial charge in [0.15, 0.2) is 0 Å². The van der Waals surface area contributed by atoms with Crippen LogP contribution in [0.25, 0.3) is 21.3 Å². The highest BCUT2D eigenvalue weighted by Crippen LogP contribution is 2.33. The van der Waals surface area contributed by atoms with E-state index in [9.17, 15) is 0 Å². The number of nitrogens with one attached hydrogen (secondary N) is 1. The normalized spacial score (nSPS) is 10.9. The van der Waals surface area contributed by atoms with Gasteiger partial charge in [-0.3, -0.25) is 4.98 Å². The van der Waals surface area contributed by atoms with Gasteiger partial charge in [-0.25, -0.2) is 4.98 Å². The number of benzene rings is 3. The third-order valence-corrected chi connectivity index (χ3v) is 5.87. The molecule has 0 saturated carbocycles. The molecule has 0 spiro atoms. The van der Waals surface area contributed by atoms with E-state index in [0.717, 1.165) is 49.9 Å². The topological polar surface area (TPSA) is 73.1 Å². The molecule has 0 bridgehead atoms. The van der Waals surface area contributed by atoms with Crippen LogP contribution in [0.1, 0.15) is 5.69 Å². The summed E-state index contributed by atoms with van der Waals surface area (Å²) < 4.78 is 5.87. The largest absolute Gasteiger partial charge is 0.457 e. The molecule has 0 fully saturated rings. The van der Waals surface area contributed by atoms with Gasteiger partial charge in [-0.05, 0) is 54.1 Å². The standard InChI is InChI=1S/C25H20N4OS/c26-15-24-25(31-16-28-24)17-6-11-21-22(12-13-27-23(21)14-17)29-18-7-9-20(10-8-18)30-19-4-2-1-3-5-19/h1-14,16H,15,26H2,(H,27,29). The molecule has 0 radical (unpaired) electrons. The fourth-order valence-corrected chi connectivity index (χ4v) is 4.25. The van der Waals surface area contributed by atoms with E-state index in [4.69, 9.17) is 10.5 Å². The zero-order chi connectivity index (χ0) is 21.0. The molecule has 152 valence electrons. The number of thiazole rings is 1. The Morgan fingerprint density at radius 2 is 1.68 bits per heavy atom. The summed E-state index contributed by atoms with van der Waals surface area (Å²) in [6, 6.07) is 25.9. The first-order valence-electron chi connectivity index (χ1n) is 9.92.